The van der Waals surface area contributed by atoms with Crippen LogP contribution in [0.1, 0.15) is 11.3 Å². The van der Waals surface area contributed by atoms with E-state index in [2.05, 4.69) is 10.3 Å². The predicted molar refractivity (Wildman–Crippen MR) is 79.3 cm³/mol. The minimum Gasteiger partial charge on any atom is -0.370 e. The highest BCUT2D eigenvalue weighted by Gasteiger charge is 2.15. The molecule has 1 heterocycles. The van der Waals surface area contributed by atoms with E-state index in [4.69, 9.17) is 16.9 Å². The molecule has 106 valence electrons. The maximum atomic E-state index is 10.7. The number of nitriles is 1. The number of rotatable bonds is 5. The lowest BCUT2D eigenvalue weighted by Gasteiger charge is -2.06. The Kier molecular flexibility index (Phi) is 4.69. The van der Waals surface area contributed by atoms with Crippen LogP contribution >= 0.6 is 11.6 Å². The second kappa shape index (κ2) is 6.68. The van der Waals surface area contributed by atoms with Crippen molar-refractivity contribution >= 4 is 23.1 Å². The molecule has 2 rings (SSSR count). The number of nitrogens with zero attached hydrogens (tertiary/aromatic N) is 3. The second-order valence-electron chi connectivity index (χ2n) is 4.24. The first-order valence-corrected chi connectivity index (χ1v) is 6.52. The quantitative estimate of drug-likeness (QED) is 0.676. The molecule has 7 heteroatoms. The average Bonchev–Trinajstić information content (AvgIpc) is 2.47. The molecule has 0 radical (unpaired) electrons. The van der Waals surface area contributed by atoms with Gasteiger partial charge in [-0.25, -0.2) is 4.98 Å². The zero-order chi connectivity index (χ0) is 15.2. The minimum atomic E-state index is -0.624. The molecule has 2 aromatic rings. The molecule has 1 aromatic heterocycles. The summed E-state index contributed by atoms with van der Waals surface area (Å²) in [6.45, 7) is 0.579. The Hall–Kier alpha value is -2.65. The molecule has 0 aliphatic heterocycles. The Morgan fingerprint density at radius 1 is 1.38 bits per heavy atom. The lowest BCUT2D eigenvalue weighted by molar-refractivity contribution is -0.385. The van der Waals surface area contributed by atoms with E-state index in [9.17, 15) is 10.1 Å². The Morgan fingerprint density at radius 2 is 2.19 bits per heavy atom. The molecule has 0 fully saturated rings. The van der Waals surface area contributed by atoms with Gasteiger partial charge in [0.25, 0.3) is 0 Å². The first-order chi connectivity index (χ1) is 10.1. The third-order valence-corrected chi connectivity index (χ3v) is 3.02. The number of benzene rings is 1. The highest BCUT2D eigenvalue weighted by Crippen LogP contribution is 2.18. The molecule has 0 bridgehead atoms. The highest BCUT2D eigenvalue weighted by atomic mass is 35.5. The van der Waals surface area contributed by atoms with Gasteiger partial charge in [0.15, 0.2) is 0 Å². The van der Waals surface area contributed by atoms with E-state index in [-0.39, 0.29) is 11.4 Å². The van der Waals surface area contributed by atoms with Gasteiger partial charge >= 0.3 is 5.69 Å². The molecule has 0 aliphatic rings. The predicted octanol–water partition coefficient (Wildman–Crippen LogP) is 3.17. The average molecular weight is 303 g/mol. The molecule has 0 spiro atoms. The normalized spacial score (nSPS) is 9.90. The topological polar surface area (TPSA) is 91.8 Å². The maximum Gasteiger partial charge on any atom is 0.305 e. The smallest absolute Gasteiger partial charge is 0.305 e. The molecule has 0 atom stereocenters. The van der Waals surface area contributed by atoms with Crippen LogP contribution in [-0.4, -0.2) is 16.5 Å². The van der Waals surface area contributed by atoms with Crippen LogP contribution < -0.4 is 5.32 Å². The zero-order valence-corrected chi connectivity index (χ0v) is 11.7. The van der Waals surface area contributed by atoms with E-state index in [1.54, 1.807) is 12.1 Å². The number of anilines is 1. The fourth-order valence-corrected chi connectivity index (χ4v) is 2.02. The van der Waals surface area contributed by atoms with Gasteiger partial charge in [-0.1, -0.05) is 23.7 Å². The Morgan fingerprint density at radius 3 is 2.86 bits per heavy atom. The van der Waals surface area contributed by atoms with E-state index in [0.29, 0.717) is 17.4 Å². The van der Waals surface area contributed by atoms with Crippen LogP contribution in [-0.2, 0) is 6.42 Å². The summed E-state index contributed by atoms with van der Waals surface area (Å²) in [5.74, 6) is 0.430. The molecule has 0 unspecified atom stereocenters. The molecule has 0 saturated heterocycles. The largest absolute Gasteiger partial charge is 0.370 e. The van der Waals surface area contributed by atoms with Crippen LogP contribution in [0.15, 0.2) is 36.4 Å². The second-order valence-corrected chi connectivity index (χ2v) is 4.68. The summed E-state index contributed by atoms with van der Waals surface area (Å²) in [4.78, 5) is 14.0. The van der Waals surface area contributed by atoms with Gasteiger partial charge in [-0.15, -0.1) is 0 Å². The summed E-state index contributed by atoms with van der Waals surface area (Å²) in [5, 5.41) is 23.3. The lowest BCUT2D eigenvalue weighted by Crippen LogP contribution is -2.07. The van der Waals surface area contributed by atoms with Crippen LogP contribution in [0, 0.1) is 21.4 Å². The molecular weight excluding hydrogens is 292 g/mol. The Labute approximate surface area is 126 Å². The van der Waals surface area contributed by atoms with Gasteiger partial charge in [0, 0.05) is 17.6 Å². The number of aromatic nitrogens is 1. The molecule has 1 aromatic carbocycles. The van der Waals surface area contributed by atoms with E-state index in [1.165, 1.54) is 12.1 Å². The standard InChI is InChI=1S/C14H11ClN4O2/c15-11-3-1-2-10(8-11)6-7-17-14-5-4-13(19(20)21)12(9-16)18-14/h1-5,8H,6-7H2,(H,17,18). The first kappa shape index (κ1) is 14.8. The number of pyridine rings is 1. The number of halogens is 1. The van der Waals surface area contributed by atoms with E-state index in [1.807, 2.05) is 18.2 Å². The van der Waals surface area contributed by atoms with E-state index < -0.39 is 4.92 Å². The number of nitrogens with one attached hydrogen (secondary N) is 1. The zero-order valence-electron chi connectivity index (χ0n) is 10.9. The first-order valence-electron chi connectivity index (χ1n) is 6.14. The van der Waals surface area contributed by atoms with Crippen molar-refractivity contribution in [2.24, 2.45) is 0 Å². The van der Waals surface area contributed by atoms with Crippen molar-refractivity contribution in [2.75, 3.05) is 11.9 Å². The molecule has 0 amide bonds. The van der Waals surface area contributed by atoms with Crippen LogP contribution in [0.5, 0.6) is 0 Å². The summed E-state index contributed by atoms with van der Waals surface area (Å²) in [6.07, 6.45) is 0.723. The SMILES string of the molecule is N#Cc1nc(NCCc2cccc(Cl)c2)ccc1[N+](=O)[O-]. The van der Waals surface area contributed by atoms with E-state index >= 15 is 0 Å². The monoisotopic (exact) mass is 302 g/mol. The van der Waals surface area contributed by atoms with Crippen LogP contribution in [0.3, 0.4) is 0 Å². The van der Waals surface area contributed by atoms with Crippen molar-refractivity contribution in [3.8, 4) is 6.07 Å². The van der Waals surface area contributed by atoms with Gasteiger partial charge in [0.2, 0.25) is 5.69 Å². The van der Waals surface area contributed by atoms with Crippen molar-refractivity contribution in [1.82, 2.24) is 4.98 Å². The van der Waals surface area contributed by atoms with Gasteiger partial charge in [0.05, 0.1) is 4.92 Å². The maximum absolute atomic E-state index is 10.7. The molecule has 0 saturated carbocycles. The summed E-state index contributed by atoms with van der Waals surface area (Å²) < 4.78 is 0. The molecule has 6 nitrogen and oxygen atoms in total. The fraction of sp³-hybridized carbons (Fsp3) is 0.143. The van der Waals surface area contributed by atoms with Gasteiger partial charge in [-0.3, -0.25) is 10.1 Å². The van der Waals surface area contributed by atoms with Crippen molar-refractivity contribution in [3.05, 3.63) is 62.8 Å². The van der Waals surface area contributed by atoms with Gasteiger partial charge in [-0.2, -0.15) is 5.26 Å². The molecular formula is C14H11ClN4O2. The van der Waals surface area contributed by atoms with Crippen LogP contribution in [0.4, 0.5) is 11.5 Å². The summed E-state index contributed by atoms with van der Waals surface area (Å²) >= 11 is 5.89. The Bertz CT molecular complexity index is 712. The molecule has 1 N–H and O–H groups in total. The number of hydrogen-bond donors (Lipinski definition) is 1. The van der Waals surface area contributed by atoms with Gasteiger partial charge in [0.1, 0.15) is 11.9 Å². The lowest BCUT2D eigenvalue weighted by atomic mass is 10.1. The van der Waals surface area contributed by atoms with Crippen LogP contribution in [0.25, 0.3) is 0 Å². The van der Waals surface area contributed by atoms with Crippen molar-refractivity contribution in [3.63, 3.8) is 0 Å². The van der Waals surface area contributed by atoms with Crippen LogP contribution in [0.2, 0.25) is 5.02 Å². The van der Waals surface area contributed by atoms with Crippen molar-refractivity contribution in [1.29, 1.82) is 5.26 Å². The minimum absolute atomic E-state index is 0.201. The highest BCUT2D eigenvalue weighted by molar-refractivity contribution is 6.30. The molecule has 21 heavy (non-hydrogen) atoms. The van der Waals surface area contributed by atoms with Crippen molar-refractivity contribution < 1.29 is 4.92 Å². The molecule has 0 aliphatic carbocycles. The number of nitro groups is 1. The van der Waals surface area contributed by atoms with Gasteiger partial charge in [-0.05, 0) is 30.2 Å². The Balaban J connectivity index is 2.01. The van der Waals surface area contributed by atoms with Crippen molar-refractivity contribution in [2.45, 2.75) is 6.42 Å². The van der Waals surface area contributed by atoms with E-state index in [0.717, 1.165) is 12.0 Å². The van der Waals surface area contributed by atoms with Gasteiger partial charge < -0.3 is 5.32 Å². The summed E-state index contributed by atoms with van der Waals surface area (Å²) in [6, 6.07) is 12.0. The summed E-state index contributed by atoms with van der Waals surface area (Å²) in [7, 11) is 0. The summed E-state index contributed by atoms with van der Waals surface area (Å²) in [5.41, 5.74) is 0.572. The number of hydrogen-bond acceptors (Lipinski definition) is 5. The third-order valence-electron chi connectivity index (χ3n) is 2.79. The fourth-order valence-electron chi connectivity index (χ4n) is 1.81. The third kappa shape index (κ3) is 3.91.